The van der Waals surface area contributed by atoms with Crippen LogP contribution in [0.2, 0.25) is 0 Å². The molecule has 2 heterocycles. The number of amides is 1. The van der Waals surface area contributed by atoms with Crippen LogP contribution in [0.1, 0.15) is 40.2 Å². The van der Waals surface area contributed by atoms with Gasteiger partial charge >= 0.3 is 0 Å². The lowest BCUT2D eigenvalue weighted by molar-refractivity contribution is 0.102. The average Bonchev–Trinajstić information content (AvgIpc) is 3.22. The third kappa shape index (κ3) is 3.85. The Kier molecular flexibility index (Phi) is 4.32. The molecule has 0 saturated heterocycles. The summed E-state index contributed by atoms with van der Waals surface area (Å²) in [7, 11) is 0. The highest BCUT2D eigenvalue weighted by molar-refractivity contribution is 6.04. The summed E-state index contributed by atoms with van der Waals surface area (Å²) < 4.78 is 3.86. The Hall–Kier alpha value is -2.89. The van der Waals surface area contributed by atoms with Gasteiger partial charge in [-0.05, 0) is 56.4 Å². The van der Waals surface area contributed by atoms with E-state index in [1.807, 2.05) is 53.7 Å². The molecule has 1 saturated carbocycles. The van der Waals surface area contributed by atoms with Crippen LogP contribution in [0.3, 0.4) is 0 Å². The molecule has 1 aromatic carbocycles. The van der Waals surface area contributed by atoms with Crippen LogP contribution in [0.5, 0.6) is 0 Å². The SMILES string of the molecule is Cc1cc(C)n(Cc2cccc(C(=O)Nc3cnn(CC4CC4)c3)c2)n1. The molecule has 0 atom stereocenters. The number of aromatic nitrogens is 4. The quantitative estimate of drug-likeness (QED) is 0.742. The number of benzene rings is 1. The van der Waals surface area contributed by atoms with Crippen LogP contribution in [-0.4, -0.2) is 25.5 Å². The number of hydrogen-bond acceptors (Lipinski definition) is 3. The summed E-state index contributed by atoms with van der Waals surface area (Å²) in [5.41, 5.74) is 4.53. The molecule has 0 radical (unpaired) electrons. The average molecular weight is 349 g/mol. The van der Waals surface area contributed by atoms with Gasteiger partial charge in [0, 0.05) is 24.0 Å². The van der Waals surface area contributed by atoms with Crippen molar-refractivity contribution in [2.45, 2.75) is 39.8 Å². The Morgan fingerprint density at radius 1 is 1.27 bits per heavy atom. The van der Waals surface area contributed by atoms with Crippen LogP contribution in [0.25, 0.3) is 0 Å². The fourth-order valence-corrected chi connectivity index (χ4v) is 3.12. The fourth-order valence-electron chi connectivity index (χ4n) is 3.12. The lowest BCUT2D eigenvalue weighted by Gasteiger charge is -2.07. The van der Waals surface area contributed by atoms with Gasteiger partial charge in [-0.25, -0.2) is 0 Å². The van der Waals surface area contributed by atoms with Gasteiger partial charge in [-0.15, -0.1) is 0 Å². The highest BCUT2D eigenvalue weighted by Crippen LogP contribution is 2.30. The molecule has 1 aliphatic carbocycles. The van der Waals surface area contributed by atoms with E-state index >= 15 is 0 Å². The first-order chi connectivity index (χ1) is 12.6. The third-order valence-electron chi connectivity index (χ3n) is 4.66. The fraction of sp³-hybridized carbons (Fsp3) is 0.350. The van der Waals surface area contributed by atoms with Crippen molar-refractivity contribution in [2.24, 2.45) is 5.92 Å². The third-order valence-corrected chi connectivity index (χ3v) is 4.66. The summed E-state index contributed by atoms with van der Waals surface area (Å²) >= 11 is 0. The van der Waals surface area contributed by atoms with E-state index in [0.717, 1.165) is 35.1 Å². The van der Waals surface area contributed by atoms with E-state index in [1.54, 1.807) is 6.20 Å². The first-order valence-electron chi connectivity index (χ1n) is 9.00. The largest absolute Gasteiger partial charge is 0.319 e. The number of nitrogens with one attached hydrogen (secondary N) is 1. The van der Waals surface area contributed by atoms with Gasteiger partial charge in [0.1, 0.15) is 0 Å². The van der Waals surface area contributed by atoms with Gasteiger partial charge in [-0.3, -0.25) is 14.2 Å². The summed E-state index contributed by atoms with van der Waals surface area (Å²) in [5, 5.41) is 11.7. The predicted octanol–water partition coefficient (Wildman–Crippen LogP) is 3.41. The number of rotatable bonds is 6. The summed E-state index contributed by atoms with van der Waals surface area (Å²) in [6.45, 7) is 5.61. The molecule has 0 spiro atoms. The number of anilines is 1. The van der Waals surface area contributed by atoms with Crippen LogP contribution >= 0.6 is 0 Å². The molecule has 6 heteroatoms. The second-order valence-corrected chi connectivity index (χ2v) is 7.13. The number of aryl methyl sites for hydroxylation is 2. The maximum absolute atomic E-state index is 12.6. The predicted molar refractivity (Wildman–Crippen MR) is 100 cm³/mol. The molecule has 1 fully saturated rings. The van der Waals surface area contributed by atoms with E-state index in [0.29, 0.717) is 12.1 Å². The summed E-state index contributed by atoms with van der Waals surface area (Å²) in [5.74, 6) is 0.635. The van der Waals surface area contributed by atoms with Crippen LogP contribution < -0.4 is 5.32 Å². The first kappa shape index (κ1) is 16.6. The van der Waals surface area contributed by atoms with Gasteiger partial charge in [0.2, 0.25) is 0 Å². The van der Waals surface area contributed by atoms with E-state index in [-0.39, 0.29) is 5.91 Å². The van der Waals surface area contributed by atoms with Crippen molar-refractivity contribution < 1.29 is 4.79 Å². The van der Waals surface area contributed by atoms with E-state index in [9.17, 15) is 4.79 Å². The second-order valence-electron chi connectivity index (χ2n) is 7.13. The van der Waals surface area contributed by atoms with Crippen molar-refractivity contribution in [3.63, 3.8) is 0 Å². The van der Waals surface area contributed by atoms with Crippen LogP contribution in [0.15, 0.2) is 42.7 Å². The Labute approximate surface area is 152 Å². The summed E-state index contributed by atoms with van der Waals surface area (Å²) in [6, 6.07) is 9.72. The van der Waals surface area contributed by atoms with Crippen LogP contribution in [0.4, 0.5) is 5.69 Å². The molecule has 26 heavy (non-hydrogen) atoms. The minimum absolute atomic E-state index is 0.119. The van der Waals surface area contributed by atoms with Crippen molar-refractivity contribution in [3.8, 4) is 0 Å². The molecule has 3 aromatic rings. The molecule has 134 valence electrons. The van der Waals surface area contributed by atoms with Crippen molar-refractivity contribution in [1.29, 1.82) is 0 Å². The van der Waals surface area contributed by atoms with Crippen molar-refractivity contribution in [2.75, 3.05) is 5.32 Å². The smallest absolute Gasteiger partial charge is 0.255 e. The molecule has 1 aliphatic rings. The number of carbonyl (C=O) groups excluding carboxylic acids is 1. The molecule has 4 rings (SSSR count). The van der Waals surface area contributed by atoms with Gasteiger partial charge in [0.05, 0.1) is 24.1 Å². The zero-order valence-corrected chi connectivity index (χ0v) is 15.1. The van der Waals surface area contributed by atoms with Gasteiger partial charge in [0.25, 0.3) is 5.91 Å². The number of nitrogens with zero attached hydrogens (tertiary/aromatic N) is 4. The van der Waals surface area contributed by atoms with E-state index in [4.69, 9.17) is 0 Å². The Morgan fingerprint density at radius 2 is 2.12 bits per heavy atom. The minimum atomic E-state index is -0.119. The molecule has 0 unspecified atom stereocenters. The van der Waals surface area contributed by atoms with Crippen molar-refractivity contribution >= 4 is 11.6 Å². The van der Waals surface area contributed by atoms with Gasteiger partial charge < -0.3 is 5.32 Å². The Balaban J connectivity index is 1.44. The van der Waals surface area contributed by atoms with E-state index in [2.05, 4.69) is 21.6 Å². The van der Waals surface area contributed by atoms with Crippen molar-refractivity contribution in [1.82, 2.24) is 19.6 Å². The molecular weight excluding hydrogens is 326 g/mol. The second kappa shape index (κ2) is 6.78. The maximum atomic E-state index is 12.6. The topological polar surface area (TPSA) is 64.7 Å². The molecule has 1 amide bonds. The molecule has 6 nitrogen and oxygen atoms in total. The standard InChI is InChI=1S/C20H23N5O/c1-14-8-15(2)25(23-14)12-17-4-3-5-18(9-17)20(26)22-19-10-21-24(13-19)11-16-6-7-16/h3-5,8-10,13,16H,6-7,11-12H2,1-2H3,(H,22,26). The number of carbonyl (C=O) groups is 1. The van der Waals surface area contributed by atoms with Gasteiger partial charge in [-0.1, -0.05) is 12.1 Å². The van der Waals surface area contributed by atoms with E-state index in [1.165, 1.54) is 12.8 Å². The normalized spacial score (nSPS) is 13.8. The molecular formula is C20H23N5O. The highest BCUT2D eigenvalue weighted by Gasteiger charge is 2.22. The molecule has 0 bridgehead atoms. The maximum Gasteiger partial charge on any atom is 0.255 e. The Morgan fingerprint density at radius 3 is 2.85 bits per heavy atom. The monoisotopic (exact) mass is 349 g/mol. The highest BCUT2D eigenvalue weighted by atomic mass is 16.1. The zero-order valence-electron chi connectivity index (χ0n) is 15.1. The van der Waals surface area contributed by atoms with Gasteiger partial charge in [-0.2, -0.15) is 10.2 Å². The Bertz CT molecular complexity index is 935. The number of hydrogen-bond donors (Lipinski definition) is 1. The minimum Gasteiger partial charge on any atom is -0.319 e. The van der Waals surface area contributed by atoms with Crippen molar-refractivity contribution in [3.05, 3.63) is 65.2 Å². The van der Waals surface area contributed by atoms with E-state index < -0.39 is 0 Å². The molecule has 2 aromatic heterocycles. The zero-order chi connectivity index (χ0) is 18.1. The lowest BCUT2D eigenvalue weighted by Crippen LogP contribution is -2.12. The summed E-state index contributed by atoms with van der Waals surface area (Å²) in [6.07, 6.45) is 6.17. The first-order valence-corrected chi connectivity index (χ1v) is 9.00. The summed E-state index contributed by atoms with van der Waals surface area (Å²) in [4.78, 5) is 12.6. The molecule has 0 aliphatic heterocycles. The van der Waals surface area contributed by atoms with Crippen LogP contribution in [-0.2, 0) is 13.1 Å². The molecule has 1 N–H and O–H groups in total. The van der Waals surface area contributed by atoms with Gasteiger partial charge in [0.15, 0.2) is 0 Å². The lowest BCUT2D eigenvalue weighted by atomic mass is 10.1. The van der Waals surface area contributed by atoms with Crippen LogP contribution in [0, 0.1) is 19.8 Å².